The largest absolute Gasteiger partial charge is 0.493 e. The summed E-state index contributed by atoms with van der Waals surface area (Å²) in [7, 11) is 1.49. The number of esters is 1. The zero-order valence-electron chi connectivity index (χ0n) is 19.0. The van der Waals surface area contributed by atoms with Gasteiger partial charge in [-0.2, -0.15) is 4.68 Å². The van der Waals surface area contributed by atoms with Crippen LogP contribution in [0.1, 0.15) is 37.9 Å². The number of rotatable bonds is 7. The summed E-state index contributed by atoms with van der Waals surface area (Å²) in [6.07, 6.45) is -0.306. The van der Waals surface area contributed by atoms with Crippen LogP contribution >= 0.6 is 11.6 Å². The van der Waals surface area contributed by atoms with Crippen molar-refractivity contribution in [3.63, 3.8) is 0 Å². The molecule has 1 aliphatic rings. The van der Waals surface area contributed by atoms with Crippen LogP contribution in [0.15, 0.2) is 47.7 Å². The number of allylic oxidation sites excluding steroid dienone is 1. The molecule has 1 N–H and O–H groups in total. The van der Waals surface area contributed by atoms with Gasteiger partial charge in [-0.05, 0) is 61.0 Å². The summed E-state index contributed by atoms with van der Waals surface area (Å²) >= 11 is 6.10. The Morgan fingerprint density at radius 1 is 1.26 bits per heavy atom. The number of carbonyl (C=O) groups is 1. The lowest BCUT2D eigenvalue weighted by molar-refractivity contribution is -0.143. The van der Waals surface area contributed by atoms with Gasteiger partial charge in [-0.15, -0.1) is 0 Å². The molecule has 0 amide bonds. The maximum absolute atomic E-state index is 14.1. The van der Waals surface area contributed by atoms with Crippen molar-refractivity contribution in [1.29, 1.82) is 0 Å². The number of aromatic nitrogens is 4. The predicted octanol–water partition coefficient (Wildman–Crippen LogP) is 4.29. The molecule has 1 atom stereocenters. The van der Waals surface area contributed by atoms with Gasteiger partial charge in [-0.1, -0.05) is 28.8 Å². The first-order valence-electron chi connectivity index (χ1n) is 10.5. The second-order valence-corrected chi connectivity index (χ2v) is 8.27. The number of hydrogen-bond acceptors (Lipinski definition) is 8. The molecular weight excluding hydrogens is 465 g/mol. The van der Waals surface area contributed by atoms with Crippen molar-refractivity contribution in [2.24, 2.45) is 0 Å². The van der Waals surface area contributed by atoms with E-state index in [2.05, 4.69) is 20.8 Å². The van der Waals surface area contributed by atoms with Gasteiger partial charge < -0.3 is 19.5 Å². The van der Waals surface area contributed by atoms with Crippen LogP contribution in [0.4, 0.5) is 10.3 Å². The highest BCUT2D eigenvalue weighted by molar-refractivity contribution is 6.31. The second kappa shape index (κ2) is 9.68. The van der Waals surface area contributed by atoms with Crippen molar-refractivity contribution >= 4 is 23.5 Å². The number of tetrazole rings is 1. The summed E-state index contributed by atoms with van der Waals surface area (Å²) in [5, 5.41) is 15.1. The standard InChI is InChI=1S/C23H23ClFN5O4/c1-12(2)34-22(31)20-13(3)26-23-27-28-29-30(23)21(20)14-8-9-18(19(10-14)32-4)33-11-15-16(24)6-5-7-17(15)25/h5-10,12,21H,11H2,1-4H3,(H,26,27,29). The molecule has 0 spiro atoms. The molecule has 2 heterocycles. The van der Waals surface area contributed by atoms with Crippen LogP contribution in [0.25, 0.3) is 0 Å². The third kappa shape index (κ3) is 4.54. The average Bonchev–Trinajstić information content (AvgIpc) is 3.25. The maximum Gasteiger partial charge on any atom is 0.338 e. The topological polar surface area (TPSA) is 100 Å². The Labute approximate surface area is 200 Å². The van der Waals surface area contributed by atoms with Crippen molar-refractivity contribution in [2.75, 3.05) is 12.4 Å². The number of hydrogen-bond donors (Lipinski definition) is 1. The van der Waals surface area contributed by atoms with E-state index in [4.69, 9.17) is 25.8 Å². The molecule has 0 bridgehead atoms. The summed E-state index contributed by atoms with van der Waals surface area (Å²) < 4.78 is 32.4. The van der Waals surface area contributed by atoms with Gasteiger partial charge in [0.05, 0.1) is 23.8 Å². The van der Waals surface area contributed by atoms with Crippen LogP contribution in [0.2, 0.25) is 5.02 Å². The van der Waals surface area contributed by atoms with E-state index in [0.29, 0.717) is 34.3 Å². The van der Waals surface area contributed by atoms with Crippen LogP contribution in [0.5, 0.6) is 11.5 Å². The molecule has 9 nitrogen and oxygen atoms in total. The van der Waals surface area contributed by atoms with E-state index in [1.807, 2.05) is 0 Å². The van der Waals surface area contributed by atoms with E-state index >= 15 is 0 Å². The lowest BCUT2D eigenvalue weighted by Crippen LogP contribution is -2.30. The molecule has 0 fully saturated rings. The lowest BCUT2D eigenvalue weighted by Gasteiger charge is -2.28. The first-order chi connectivity index (χ1) is 16.3. The minimum Gasteiger partial charge on any atom is -0.493 e. The highest BCUT2D eigenvalue weighted by atomic mass is 35.5. The number of anilines is 1. The van der Waals surface area contributed by atoms with Gasteiger partial charge in [0.1, 0.15) is 18.5 Å². The van der Waals surface area contributed by atoms with Gasteiger partial charge in [0.25, 0.3) is 0 Å². The van der Waals surface area contributed by atoms with Gasteiger partial charge in [0, 0.05) is 11.3 Å². The number of nitrogens with zero attached hydrogens (tertiary/aromatic N) is 4. The molecule has 1 aromatic heterocycles. The number of carbonyl (C=O) groups excluding carboxylic acids is 1. The Morgan fingerprint density at radius 2 is 2.06 bits per heavy atom. The average molecular weight is 488 g/mol. The van der Waals surface area contributed by atoms with Crippen LogP contribution in [-0.4, -0.2) is 39.4 Å². The van der Waals surface area contributed by atoms with Crippen LogP contribution in [-0.2, 0) is 16.1 Å². The zero-order valence-corrected chi connectivity index (χ0v) is 19.8. The summed E-state index contributed by atoms with van der Waals surface area (Å²) in [6.45, 7) is 5.22. The highest BCUT2D eigenvalue weighted by Gasteiger charge is 2.35. The highest BCUT2D eigenvalue weighted by Crippen LogP contribution is 2.39. The van der Waals surface area contributed by atoms with E-state index in [9.17, 15) is 9.18 Å². The summed E-state index contributed by atoms with van der Waals surface area (Å²) in [5.74, 6) is 0.199. The van der Waals surface area contributed by atoms with Crippen LogP contribution < -0.4 is 14.8 Å². The smallest absolute Gasteiger partial charge is 0.338 e. The number of ether oxygens (including phenoxy) is 3. The zero-order chi connectivity index (χ0) is 24.4. The lowest BCUT2D eigenvalue weighted by atomic mass is 9.95. The van der Waals surface area contributed by atoms with Crippen LogP contribution in [0, 0.1) is 5.82 Å². The monoisotopic (exact) mass is 487 g/mol. The molecular formula is C23H23ClFN5O4. The first kappa shape index (κ1) is 23.5. The molecule has 0 aliphatic carbocycles. The molecule has 0 saturated carbocycles. The normalized spacial score (nSPS) is 15.1. The third-order valence-corrected chi connectivity index (χ3v) is 5.57. The molecule has 1 unspecified atom stereocenters. The molecule has 178 valence electrons. The van der Waals surface area contributed by atoms with Crippen molar-refractivity contribution in [1.82, 2.24) is 20.2 Å². The number of benzene rings is 2. The van der Waals surface area contributed by atoms with Gasteiger partial charge in [0.2, 0.25) is 5.95 Å². The number of methoxy groups -OCH3 is 1. The predicted molar refractivity (Wildman–Crippen MR) is 122 cm³/mol. The summed E-state index contributed by atoms with van der Waals surface area (Å²) in [6, 6.07) is 8.93. The van der Waals surface area contributed by atoms with Crippen molar-refractivity contribution in [3.05, 3.63) is 69.6 Å². The quantitative estimate of drug-likeness (QED) is 0.492. The molecule has 0 radical (unpaired) electrons. The van der Waals surface area contributed by atoms with E-state index in [1.165, 1.54) is 23.9 Å². The number of nitrogens with one attached hydrogen (secondary N) is 1. The van der Waals surface area contributed by atoms with Crippen molar-refractivity contribution in [3.8, 4) is 11.5 Å². The Hall–Kier alpha value is -3.66. The maximum atomic E-state index is 14.1. The SMILES string of the molecule is COc1cc(C2C(C(=O)OC(C)C)=C(C)Nc3nnnn32)ccc1OCc1c(F)cccc1Cl. The number of halogens is 2. The fraction of sp³-hybridized carbons (Fsp3) is 0.304. The summed E-state index contributed by atoms with van der Waals surface area (Å²) in [5.41, 5.74) is 1.84. The Kier molecular flexibility index (Phi) is 6.69. The number of fused-ring (bicyclic) bond motifs is 1. The van der Waals surface area contributed by atoms with Gasteiger partial charge in [0.15, 0.2) is 11.5 Å². The molecule has 11 heteroatoms. The Balaban J connectivity index is 1.69. The second-order valence-electron chi connectivity index (χ2n) is 7.87. The first-order valence-corrected chi connectivity index (χ1v) is 10.9. The molecule has 0 saturated heterocycles. The molecule has 2 aromatic carbocycles. The molecule has 3 aromatic rings. The van der Waals surface area contributed by atoms with Crippen molar-refractivity contribution < 1.29 is 23.4 Å². The minimum absolute atomic E-state index is 0.0866. The van der Waals surface area contributed by atoms with Gasteiger partial charge in [-0.3, -0.25) is 0 Å². The van der Waals surface area contributed by atoms with Gasteiger partial charge in [-0.25, -0.2) is 9.18 Å². The fourth-order valence-corrected chi connectivity index (χ4v) is 3.87. The van der Waals surface area contributed by atoms with E-state index in [0.717, 1.165) is 0 Å². The van der Waals surface area contributed by atoms with Crippen LogP contribution in [0.3, 0.4) is 0 Å². The Bertz CT molecular complexity index is 1240. The molecule has 34 heavy (non-hydrogen) atoms. The van der Waals surface area contributed by atoms with Crippen molar-refractivity contribution in [2.45, 2.75) is 39.5 Å². The molecule has 4 rings (SSSR count). The minimum atomic E-state index is -0.665. The summed E-state index contributed by atoms with van der Waals surface area (Å²) in [4.78, 5) is 13.0. The van der Waals surface area contributed by atoms with E-state index < -0.39 is 17.8 Å². The fourth-order valence-electron chi connectivity index (χ4n) is 3.66. The van der Waals surface area contributed by atoms with Gasteiger partial charge >= 0.3 is 5.97 Å². The van der Waals surface area contributed by atoms with E-state index in [1.54, 1.807) is 45.0 Å². The molecule has 1 aliphatic heterocycles. The third-order valence-electron chi connectivity index (χ3n) is 5.21. The van der Waals surface area contributed by atoms with E-state index in [-0.39, 0.29) is 23.3 Å². The Morgan fingerprint density at radius 3 is 2.76 bits per heavy atom.